The van der Waals surface area contributed by atoms with Crippen molar-refractivity contribution in [2.75, 3.05) is 5.32 Å². The van der Waals surface area contributed by atoms with Crippen LogP contribution in [0.3, 0.4) is 0 Å². The Labute approximate surface area is 119 Å². The van der Waals surface area contributed by atoms with Crippen molar-refractivity contribution < 1.29 is 9.18 Å². The zero-order valence-corrected chi connectivity index (χ0v) is 12.3. The molecular formula is C16H21FN2O. The average molecular weight is 276 g/mol. The lowest BCUT2D eigenvalue weighted by Crippen LogP contribution is -2.35. The number of carbonyl (C=O) groups is 1. The maximum absolute atomic E-state index is 13.8. The molecule has 0 bridgehead atoms. The zero-order chi connectivity index (χ0) is 15.2. The fraction of sp³-hybridized carbons (Fsp3) is 0.500. The number of anilines is 1. The van der Waals surface area contributed by atoms with Crippen molar-refractivity contribution in [1.82, 2.24) is 0 Å². The molecule has 0 aromatic heterocycles. The molecule has 0 radical (unpaired) electrons. The van der Waals surface area contributed by atoms with Crippen LogP contribution < -0.4 is 5.32 Å². The molecular weight excluding hydrogens is 255 g/mol. The summed E-state index contributed by atoms with van der Waals surface area (Å²) in [5.74, 6) is -0.880. The number of halogens is 1. The standard InChI is InChI=1S/C16H21FN2O/c1-4-9-16(11-18,10-5-2)15(20)19-14-12(3)7-6-8-13(14)17/h6-8H,4-5,9-10H2,1-3H3,(H,19,20). The molecule has 0 spiro atoms. The smallest absolute Gasteiger partial charge is 0.244 e. The van der Waals surface area contributed by atoms with E-state index in [1.54, 1.807) is 19.1 Å². The Kier molecular flexibility index (Phi) is 5.69. The molecule has 0 aliphatic heterocycles. The molecule has 20 heavy (non-hydrogen) atoms. The van der Waals surface area contributed by atoms with E-state index >= 15 is 0 Å². The minimum absolute atomic E-state index is 0.171. The van der Waals surface area contributed by atoms with Gasteiger partial charge in [-0.15, -0.1) is 0 Å². The number of carbonyl (C=O) groups excluding carboxylic acids is 1. The number of amides is 1. The molecule has 1 aromatic carbocycles. The second-order valence-electron chi connectivity index (χ2n) is 5.08. The molecule has 1 rings (SSSR count). The summed E-state index contributed by atoms with van der Waals surface area (Å²) in [6, 6.07) is 6.77. The number of para-hydroxylation sites is 1. The summed E-state index contributed by atoms with van der Waals surface area (Å²) in [5.41, 5.74) is -0.249. The Bertz CT molecular complexity index is 493. The van der Waals surface area contributed by atoms with E-state index in [4.69, 9.17) is 0 Å². The van der Waals surface area contributed by atoms with E-state index in [0.29, 0.717) is 18.4 Å². The molecule has 0 saturated heterocycles. The molecule has 0 aliphatic rings. The van der Waals surface area contributed by atoms with E-state index in [0.717, 1.165) is 12.8 Å². The molecule has 0 heterocycles. The molecule has 0 saturated carbocycles. The Morgan fingerprint density at radius 2 is 1.95 bits per heavy atom. The Morgan fingerprint density at radius 1 is 1.35 bits per heavy atom. The number of benzene rings is 1. The highest BCUT2D eigenvalue weighted by Gasteiger charge is 2.37. The Hall–Kier alpha value is -1.89. The van der Waals surface area contributed by atoms with Gasteiger partial charge in [-0.05, 0) is 31.4 Å². The maximum atomic E-state index is 13.8. The molecule has 0 fully saturated rings. The quantitative estimate of drug-likeness (QED) is 0.847. The minimum atomic E-state index is -1.07. The van der Waals surface area contributed by atoms with Crippen molar-refractivity contribution in [2.45, 2.75) is 46.5 Å². The molecule has 1 N–H and O–H groups in total. The van der Waals surface area contributed by atoms with Crippen LogP contribution in [0.4, 0.5) is 10.1 Å². The monoisotopic (exact) mass is 276 g/mol. The van der Waals surface area contributed by atoms with E-state index in [9.17, 15) is 14.4 Å². The van der Waals surface area contributed by atoms with Crippen molar-refractivity contribution in [3.8, 4) is 6.07 Å². The van der Waals surface area contributed by atoms with Crippen molar-refractivity contribution in [3.05, 3.63) is 29.6 Å². The summed E-state index contributed by atoms with van der Waals surface area (Å²) < 4.78 is 13.8. The lowest BCUT2D eigenvalue weighted by Gasteiger charge is -2.25. The number of aryl methyl sites for hydroxylation is 1. The van der Waals surface area contributed by atoms with E-state index in [1.165, 1.54) is 6.07 Å². The van der Waals surface area contributed by atoms with Gasteiger partial charge >= 0.3 is 0 Å². The molecule has 0 atom stereocenters. The van der Waals surface area contributed by atoms with E-state index in [1.807, 2.05) is 13.8 Å². The van der Waals surface area contributed by atoms with Crippen LogP contribution in [0.25, 0.3) is 0 Å². The fourth-order valence-corrected chi connectivity index (χ4v) is 2.39. The summed E-state index contributed by atoms with van der Waals surface area (Å²) >= 11 is 0. The van der Waals surface area contributed by atoms with Gasteiger partial charge < -0.3 is 5.32 Å². The number of hydrogen-bond acceptors (Lipinski definition) is 2. The maximum Gasteiger partial charge on any atom is 0.244 e. The van der Waals surface area contributed by atoms with Crippen LogP contribution in [0.2, 0.25) is 0 Å². The van der Waals surface area contributed by atoms with Gasteiger partial charge in [0, 0.05) is 0 Å². The lowest BCUT2D eigenvalue weighted by molar-refractivity contribution is -0.123. The summed E-state index contributed by atoms with van der Waals surface area (Å²) in [4.78, 5) is 12.4. The molecule has 1 aromatic rings. The van der Waals surface area contributed by atoms with Crippen molar-refractivity contribution in [3.63, 3.8) is 0 Å². The van der Waals surface area contributed by atoms with Gasteiger partial charge in [-0.3, -0.25) is 4.79 Å². The predicted octanol–water partition coefficient (Wildman–Crippen LogP) is 4.18. The van der Waals surface area contributed by atoms with Crippen molar-refractivity contribution >= 4 is 11.6 Å². The number of hydrogen-bond donors (Lipinski definition) is 1. The van der Waals surface area contributed by atoms with Gasteiger partial charge in [-0.2, -0.15) is 5.26 Å². The number of nitrogens with one attached hydrogen (secondary N) is 1. The SMILES string of the molecule is CCCC(C#N)(CCC)C(=O)Nc1c(C)cccc1F. The number of rotatable bonds is 6. The second kappa shape index (κ2) is 7.04. The van der Waals surface area contributed by atoms with Crippen LogP contribution in [-0.4, -0.2) is 5.91 Å². The van der Waals surface area contributed by atoms with Crippen LogP contribution in [0, 0.1) is 29.5 Å². The normalized spacial score (nSPS) is 10.9. The molecule has 0 unspecified atom stereocenters. The van der Waals surface area contributed by atoms with Gasteiger partial charge in [-0.25, -0.2) is 4.39 Å². The van der Waals surface area contributed by atoms with Gasteiger partial charge in [0.05, 0.1) is 11.8 Å². The largest absolute Gasteiger partial charge is 0.322 e. The highest BCUT2D eigenvalue weighted by molar-refractivity contribution is 5.97. The minimum Gasteiger partial charge on any atom is -0.322 e. The van der Waals surface area contributed by atoms with E-state index in [2.05, 4.69) is 11.4 Å². The second-order valence-corrected chi connectivity index (χ2v) is 5.08. The highest BCUT2D eigenvalue weighted by Crippen LogP contribution is 2.32. The first kappa shape index (κ1) is 16.2. The summed E-state index contributed by atoms with van der Waals surface area (Å²) in [6.45, 7) is 5.60. The Balaban J connectivity index is 3.06. The molecule has 0 aliphatic carbocycles. The molecule has 3 nitrogen and oxygen atoms in total. The van der Waals surface area contributed by atoms with Crippen LogP contribution in [-0.2, 0) is 4.79 Å². The molecule has 1 amide bonds. The molecule has 4 heteroatoms. The average Bonchev–Trinajstić information content (AvgIpc) is 2.42. The third kappa shape index (κ3) is 3.36. The van der Waals surface area contributed by atoms with Gasteiger partial charge in [-0.1, -0.05) is 38.8 Å². The number of nitriles is 1. The first-order chi connectivity index (χ1) is 9.50. The van der Waals surface area contributed by atoms with Gasteiger partial charge in [0.1, 0.15) is 11.2 Å². The highest BCUT2D eigenvalue weighted by atomic mass is 19.1. The van der Waals surface area contributed by atoms with Crippen LogP contribution in [0.1, 0.15) is 45.1 Å². The van der Waals surface area contributed by atoms with Crippen molar-refractivity contribution in [1.29, 1.82) is 5.26 Å². The van der Waals surface area contributed by atoms with Crippen molar-refractivity contribution in [2.24, 2.45) is 5.41 Å². The summed E-state index contributed by atoms with van der Waals surface area (Å²) in [6.07, 6.45) is 2.43. The number of nitrogens with zero attached hydrogens (tertiary/aromatic N) is 1. The van der Waals surface area contributed by atoms with Crippen LogP contribution in [0.15, 0.2) is 18.2 Å². The van der Waals surface area contributed by atoms with Crippen LogP contribution in [0.5, 0.6) is 0 Å². The topological polar surface area (TPSA) is 52.9 Å². The third-order valence-electron chi connectivity index (χ3n) is 3.46. The zero-order valence-electron chi connectivity index (χ0n) is 12.3. The lowest BCUT2D eigenvalue weighted by atomic mass is 9.79. The predicted molar refractivity (Wildman–Crippen MR) is 77.6 cm³/mol. The third-order valence-corrected chi connectivity index (χ3v) is 3.46. The van der Waals surface area contributed by atoms with E-state index in [-0.39, 0.29) is 5.69 Å². The fourth-order valence-electron chi connectivity index (χ4n) is 2.39. The first-order valence-electron chi connectivity index (χ1n) is 6.98. The van der Waals surface area contributed by atoms with Gasteiger partial charge in [0.2, 0.25) is 5.91 Å². The summed E-state index contributed by atoms with van der Waals surface area (Å²) in [5, 5.41) is 12.0. The van der Waals surface area contributed by atoms with Gasteiger partial charge in [0.25, 0.3) is 0 Å². The van der Waals surface area contributed by atoms with Crippen LogP contribution >= 0.6 is 0 Å². The summed E-state index contributed by atoms with van der Waals surface area (Å²) in [7, 11) is 0. The first-order valence-corrected chi connectivity index (χ1v) is 6.98. The molecule has 108 valence electrons. The van der Waals surface area contributed by atoms with Gasteiger partial charge in [0.15, 0.2) is 0 Å². The Morgan fingerprint density at radius 3 is 2.40 bits per heavy atom. The van der Waals surface area contributed by atoms with E-state index < -0.39 is 17.1 Å².